The number of carbonyl (C=O) groups excluding carboxylic acids is 1. The number of thiazole rings is 1. The lowest BCUT2D eigenvalue weighted by Crippen LogP contribution is -2.33. The van der Waals surface area contributed by atoms with Crippen LogP contribution in [0.2, 0.25) is 0 Å². The van der Waals surface area contributed by atoms with Crippen LogP contribution in [0.5, 0.6) is 0 Å². The molecule has 0 spiro atoms. The van der Waals surface area contributed by atoms with E-state index in [2.05, 4.69) is 20.4 Å². The molecule has 0 unspecified atom stereocenters. The maximum Gasteiger partial charge on any atom is 0.275 e. The van der Waals surface area contributed by atoms with E-state index in [9.17, 15) is 4.79 Å². The van der Waals surface area contributed by atoms with Gasteiger partial charge in [-0.05, 0) is 12.0 Å². The Labute approximate surface area is 151 Å². The van der Waals surface area contributed by atoms with E-state index in [1.807, 2.05) is 49.3 Å². The molecule has 8 heteroatoms. The van der Waals surface area contributed by atoms with Crippen molar-refractivity contribution in [2.45, 2.75) is 6.42 Å². The van der Waals surface area contributed by atoms with Gasteiger partial charge in [-0.3, -0.25) is 4.79 Å². The number of nitrogens with one attached hydrogen (secondary N) is 1. The fourth-order valence-electron chi connectivity index (χ4n) is 1.94. The van der Waals surface area contributed by atoms with Gasteiger partial charge < -0.3 is 15.1 Å². The Bertz CT molecular complexity index is 741. The molecule has 0 atom stereocenters. The lowest BCUT2D eigenvalue weighted by molar-refractivity contribution is -0.114. The zero-order chi connectivity index (χ0) is 18.1. The summed E-state index contributed by atoms with van der Waals surface area (Å²) in [5.74, 6) is -0.328. The Kier molecular flexibility index (Phi) is 7.09. The van der Waals surface area contributed by atoms with E-state index in [4.69, 9.17) is 4.84 Å². The molecule has 0 saturated carbocycles. The minimum atomic E-state index is -0.328. The molecule has 1 heterocycles. The molecule has 0 fully saturated rings. The summed E-state index contributed by atoms with van der Waals surface area (Å²) in [7, 11) is 5.14. The van der Waals surface area contributed by atoms with Gasteiger partial charge in [-0.25, -0.2) is 9.98 Å². The topological polar surface area (TPSA) is 79.2 Å². The number of benzene rings is 1. The minimum Gasteiger partial charge on any atom is -0.398 e. The molecule has 2 rings (SSSR count). The molecule has 0 saturated heterocycles. The van der Waals surface area contributed by atoms with Gasteiger partial charge in [-0.2, -0.15) is 0 Å². The second kappa shape index (κ2) is 9.53. The van der Waals surface area contributed by atoms with Gasteiger partial charge >= 0.3 is 0 Å². The summed E-state index contributed by atoms with van der Waals surface area (Å²) in [4.78, 5) is 27.5. The number of carbonyl (C=O) groups is 1. The zero-order valence-corrected chi connectivity index (χ0v) is 15.3. The van der Waals surface area contributed by atoms with E-state index >= 15 is 0 Å². The van der Waals surface area contributed by atoms with Gasteiger partial charge in [-0.15, -0.1) is 11.3 Å². The largest absolute Gasteiger partial charge is 0.398 e. The molecule has 1 aromatic heterocycles. The Morgan fingerprint density at radius 2 is 2.12 bits per heavy atom. The first-order valence-electron chi connectivity index (χ1n) is 7.70. The third kappa shape index (κ3) is 6.00. The number of rotatable bonds is 8. The van der Waals surface area contributed by atoms with Crippen LogP contribution in [0.25, 0.3) is 0 Å². The summed E-state index contributed by atoms with van der Waals surface area (Å²) >= 11 is 1.33. The summed E-state index contributed by atoms with van der Waals surface area (Å²) in [5, 5.41) is 8.94. The van der Waals surface area contributed by atoms with E-state index < -0.39 is 0 Å². The smallest absolute Gasteiger partial charge is 0.275 e. The molecular formula is C17H21N5O2S. The van der Waals surface area contributed by atoms with Gasteiger partial charge in [0.25, 0.3) is 5.91 Å². The van der Waals surface area contributed by atoms with E-state index in [0.717, 1.165) is 12.0 Å². The monoisotopic (exact) mass is 359 g/mol. The van der Waals surface area contributed by atoms with Crippen LogP contribution >= 0.6 is 11.3 Å². The Hall–Kier alpha value is -2.74. The number of aromatic nitrogens is 1. The van der Waals surface area contributed by atoms with E-state index in [-0.39, 0.29) is 11.6 Å². The first-order chi connectivity index (χ1) is 12.1. The predicted molar refractivity (Wildman–Crippen MR) is 101 cm³/mol. The van der Waals surface area contributed by atoms with Gasteiger partial charge in [-0.1, -0.05) is 35.5 Å². The molecule has 0 bridgehead atoms. The van der Waals surface area contributed by atoms with E-state index in [1.165, 1.54) is 18.4 Å². The van der Waals surface area contributed by atoms with Gasteiger partial charge in [0.15, 0.2) is 5.71 Å². The standard InChI is InChI=1S/C17H21N5O2S/c1-22(2)12-19-17-20-14(11-25-17)15(21-24-3)16(23)18-10-9-13-7-5-4-6-8-13/h4-8,11-12H,9-10H2,1-3H3,(H,18,23). The molecule has 0 aliphatic carbocycles. The van der Waals surface area contributed by atoms with Gasteiger partial charge in [0.2, 0.25) is 5.13 Å². The summed E-state index contributed by atoms with van der Waals surface area (Å²) in [5.41, 5.74) is 1.73. The fraction of sp³-hybridized carbons (Fsp3) is 0.294. The number of nitrogens with zero attached hydrogens (tertiary/aromatic N) is 4. The number of amides is 1. The number of hydrogen-bond acceptors (Lipinski definition) is 6. The fourth-order valence-corrected chi connectivity index (χ4v) is 2.58. The minimum absolute atomic E-state index is 0.137. The molecule has 25 heavy (non-hydrogen) atoms. The van der Waals surface area contributed by atoms with Gasteiger partial charge in [0.1, 0.15) is 12.8 Å². The second-order valence-corrected chi connectivity index (χ2v) is 6.17. The Morgan fingerprint density at radius 3 is 2.80 bits per heavy atom. The number of oxime groups is 1. The van der Waals surface area contributed by atoms with Crippen molar-refractivity contribution >= 4 is 34.4 Å². The highest BCUT2D eigenvalue weighted by molar-refractivity contribution is 7.13. The maximum absolute atomic E-state index is 12.4. The highest BCUT2D eigenvalue weighted by Crippen LogP contribution is 2.19. The molecule has 0 aliphatic heterocycles. The third-order valence-corrected chi connectivity index (χ3v) is 3.82. The van der Waals surface area contributed by atoms with Crippen molar-refractivity contribution in [1.82, 2.24) is 15.2 Å². The van der Waals surface area contributed by atoms with Crippen molar-refractivity contribution in [2.24, 2.45) is 10.1 Å². The molecule has 132 valence electrons. The average Bonchev–Trinajstić information content (AvgIpc) is 3.07. The molecule has 7 nitrogen and oxygen atoms in total. The lowest BCUT2D eigenvalue weighted by atomic mass is 10.1. The quantitative estimate of drug-likeness (QED) is 0.445. The molecule has 1 amide bonds. The van der Waals surface area contributed by atoms with Crippen LogP contribution in [0.1, 0.15) is 11.3 Å². The first-order valence-corrected chi connectivity index (χ1v) is 8.58. The third-order valence-electron chi connectivity index (χ3n) is 3.07. The normalized spacial score (nSPS) is 11.6. The van der Waals surface area contributed by atoms with Crippen LogP contribution in [0.3, 0.4) is 0 Å². The van der Waals surface area contributed by atoms with Crippen molar-refractivity contribution in [3.05, 3.63) is 47.0 Å². The van der Waals surface area contributed by atoms with Crippen LogP contribution in [-0.2, 0) is 16.1 Å². The van der Waals surface area contributed by atoms with Gasteiger partial charge in [0, 0.05) is 26.0 Å². The lowest BCUT2D eigenvalue weighted by Gasteiger charge is -2.06. The predicted octanol–water partition coefficient (Wildman–Crippen LogP) is 2.07. The van der Waals surface area contributed by atoms with E-state index in [0.29, 0.717) is 17.4 Å². The highest BCUT2D eigenvalue weighted by atomic mass is 32.1. The molecule has 0 radical (unpaired) electrons. The van der Waals surface area contributed by atoms with Crippen LogP contribution in [0.4, 0.5) is 5.13 Å². The van der Waals surface area contributed by atoms with Crippen LogP contribution in [0, 0.1) is 0 Å². The van der Waals surface area contributed by atoms with E-state index in [1.54, 1.807) is 11.7 Å². The van der Waals surface area contributed by atoms with Crippen molar-refractivity contribution in [2.75, 3.05) is 27.7 Å². The number of aliphatic imine (C=N–C) groups is 1. The van der Waals surface area contributed by atoms with Crippen LogP contribution in [-0.4, -0.2) is 55.6 Å². The SMILES string of the molecule is CON=C(C(=O)NCCc1ccccc1)c1csc(N=CN(C)C)n1. The average molecular weight is 359 g/mol. The van der Waals surface area contributed by atoms with Crippen molar-refractivity contribution in [3.63, 3.8) is 0 Å². The number of hydrogen-bond donors (Lipinski definition) is 1. The molecular weight excluding hydrogens is 338 g/mol. The molecule has 1 N–H and O–H groups in total. The van der Waals surface area contributed by atoms with Crippen LogP contribution < -0.4 is 5.32 Å². The summed E-state index contributed by atoms with van der Waals surface area (Å²) in [6.45, 7) is 0.501. The zero-order valence-electron chi connectivity index (χ0n) is 14.5. The van der Waals surface area contributed by atoms with Crippen molar-refractivity contribution in [1.29, 1.82) is 0 Å². The molecule has 1 aromatic carbocycles. The maximum atomic E-state index is 12.4. The summed E-state index contributed by atoms with van der Waals surface area (Å²) in [6, 6.07) is 9.95. The summed E-state index contributed by atoms with van der Waals surface area (Å²) in [6.07, 6.45) is 2.39. The summed E-state index contributed by atoms with van der Waals surface area (Å²) < 4.78 is 0. The second-order valence-electron chi connectivity index (χ2n) is 5.34. The van der Waals surface area contributed by atoms with Crippen LogP contribution in [0.15, 0.2) is 45.9 Å². The molecule has 0 aliphatic rings. The molecule has 2 aromatic rings. The highest BCUT2D eigenvalue weighted by Gasteiger charge is 2.18. The first kappa shape index (κ1) is 18.6. The van der Waals surface area contributed by atoms with Crippen molar-refractivity contribution in [3.8, 4) is 0 Å². The van der Waals surface area contributed by atoms with Gasteiger partial charge in [0.05, 0.1) is 6.34 Å². The Balaban J connectivity index is 2.00. The van der Waals surface area contributed by atoms with Crippen molar-refractivity contribution < 1.29 is 9.63 Å². The Morgan fingerprint density at radius 1 is 1.36 bits per heavy atom.